The Morgan fingerprint density at radius 1 is 1.17 bits per heavy atom. The molecule has 0 spiro atoms. The molecule has 0 unspecified atom stereocenters. The molecule has 2 rings (SSSR count). The highest BCUT2D eigenvalue weighted by molar-refractivity contribution is 14.1. The molecule has 0 aliphatic rings. The van der Waals surface area contributed by atoms with Crippen molar-refractivity contribution in [1.82, 2.24) is 0 Å². The lowest BCUT2D eigenvalue weighted by molar-refractivity contribution is -0.112. The molecule has 0 heterocycles. The second-order valence-corrected chi connectivity index (χ2v) is 5.77. The number of rotatable bonds is 4. The fourth-order valence-corrected chi connectivity index (χ4v) is 2.43. The van der Waals surface area contributed by atoms with Crippen LogP contribution in [0.2, 0.25) is 0 Å². The van der Waals surface area contributed by atoms with Crippen molar-refractivity contribution in [2.45, 2.75) is 0 Å². The molecule has 1 amide bonds. The number of carboxylic acid groups (broad SMARTS) is 1. The average molecular weight is 418 g/mol. The Morgan fingerprint density at radius 3 is 2.57 bits per heavy atom. The van der Waals surface area contributed by atoms with Gasteiger partial charge in [-0.05, 0) is 58.5 Å². The van der Waals surface area contributed by atoms with Crippen LogP contribution >= 0.6 is 22.6 Å². The molecule has 0 bridgehead atoms. The van der Waals surface area contributed by atoms with E-state index in [-0.39, 0.29) is 11.1 Å². The monoisotopic (exact) mass is 418 g/mol. The van der Waals surface area contributed by atoms with Crippen molar-refractivity contribution in [2.24, 2.45) is 0 Å². The van der Waals surface area contributed by atoms with Crippen LogP contribution < -0.4 is 5.32 Å². The lowest BCUT2D eigenvalue weighted by Gasteiger charge is -2.05. The Labute approximate surface area is 146 Å². The molecule has 5 nitrogen and oxygen atoms in total. The molecule has 114 valence electrons. The second kappa shape index (κ2) is 7.56. The zero-order chi connectivity index (χ0) is 16.8. The van der Waals surface area contributed by atoms with Crippen LogP contribution in [0.4, 0.5) is 5.69 Å². The molecule has 0 aromatic heterocycles. The molecule has 2 aromatic rings. The van der Waals surface area contributed by atoms with Gasteiger partial charge >= 0.3 is 5.97 Å². The fourth-order valence-electron chi connectivity index (χ4n) is 1.89. The molecule has 0 saturated carbocycles. The van der Waals surface area contributed by atoms with Gasteiger partial charge in [0.15, 0.2) is 0 Å². The van der Waals surface area contributed by atoms with Gasteiger partial charge in [-0.2, -0.15) is 5.26 Å². The number of nitriles is 1. The Morgan fingerprint density at radius 2 is 1.91 bits per heavy atom. The maximum Gasteiger partial charge on any atom is 0.336 e. The zero-order valence-corrected chi connectivity index (χ0v) is 13.9. The number of hydrogen-bond donors (Lipinski definition) is 2. The molecule has 0 saturated heterocycles. The number of carbonyl (C=O) groups is 2. The van der Waals surface area contributed by atoms with Crippen LogP contribution in [0.1, 0.15) is 15.9 Å². The van der Waals surface area contributed by atoms with Gasteiger partial charge in [-0.25, -0.2) is 4.79 Å². The van der Waals surface area contributed by atoms with Crippen molar-refractivity contribution in [2.75, 3.05) is 5.32 Å². The van der Waals surface area contributed by atoms with Gasteiger partial charge in [0.1, 0.15) is 11.6 Å². The molecule has 6 heteroatoms. The van der Waals surface area contributed by atoms with E-state index >= 15 is 0 Å². The van der Waals surface area contributed by atoms with Crippen LogP contribution in [-0.2, 0) is 4.79 Å². The van der Waals surface area contributed by atoms with Crippen molar-refractivity contribution in [3.63, 3.8) is 0 Å². The van der Waals surface area contributed by atoms with E-state index in [1.807, 2.05) is 6.07 Å². The molecule has 2 N–H and O–H groups in total. The number of hydrogen-bond acceptors (Lipinski definition) is 3. The number of amides is 1. The molecule has 0 aliphatic heterocycles. The zero-order valence-electron chi connectivity index (χ0n) is 11.8. The number of nitrogens with one attached hydrogen (secondary N) is 1. The largest absolute Gasteiger partial charge is 0.478 e. The van der Waals surface area contributed by atoms with Gasteiger partial charge < -0.3 is 10.4 Å². The third-order valence-corrected chi connectivity index (χ3v) is 3.61. The minimum atomic E-state index is -1.12. The predicted octanol–water partition coefficient (Wildman–Crippen LogP) is 3.54. The van der Waals surface area contributed by atoms with Gasteiger partial charge in [-0.15, -0.1) is 0 Å². The molecular formula is C17H11IN2O3. The lowest BCUT2D eigenvalue weighted by atomic mass is 10.0. The standard InChI is InChI=1S/C17H11IN2O3/c18-13-5-3-6-14(9-13)20-16(21)12(10-19)8-11-4-1-2-7-15(11)17(22)23/h1-9H,(H,20,21)(H,22,23)/b12-8+. The first-order valence-electron chi connectivity index (χ1n) is 6.52. The van der Waals surface area contributed by atoms with E-state index in [0.717, 1.165) is 3.57 Å². The van der Waals surface area contributed by atoms with Gasteiger partial charge in [0.2, 0.25) is 0 Å². The minimum absolute atomic E-state index is 0.0299. The number of aromatic carboxylic acids is 1. The van der Waals surface area contributed by atoms with Gasteiger partial charge in [-0.1, -0.05) is 24.3 Å². The van der Waals surface area contributed by atoms with Gasteiger partial charge in [0, 0.05) is 9.26 Å². The maximum absolute atomic E-state index is 12.2. The van der Waals surface area contributed by atoms with Crippen molar-refractivity contribution in [3.05, 3.63) is 68.8 Å². The second-order valence-electron chi connectivity index (χ2n) is 4.53. The first-order valence-corrected chi connectivity index (χ1v) is 7.60. The smallest absolute Gasteiger partial charge is 0.336 e. The number of halogens is 1. The van der Waals surface area contributed by atoms with E-state index in [4.69, 9.17) is 5.11 Å². The number of nitrogens with zero attached hydrogens (tertiary/aromatic N) is 1. The van der Waals surface area contributed by atoms with Crippen LogP contribution in [0.15, 0.2) is 54.1 Å². The maximum atomic E-state index is 12.2. The Hall–Kier alpha value is -2.66. The Bertz CT molecular complexity index is 838. The van der Waals surface area contributed by atoms with Crippen LogP contribution in [0.25, 0.3) is 6.08 Å². The molecule has 0 aliphatic carbocycles. The van der Waals surface area contributed by atoms with Crippen LogP contribution in [-0.4, -0.2) is 17.0 Å². The van der Waals surface area contributed by atoms with Crippen LogP contribution in [0, 0.1) is 14.9 Å². The van der Waals surface area contributed by atoms with Gasteiger partial charge in [0.05, 0.1) is 5.56 Å². The van der Waals surface area contributed by atoms with Gasteiger partial charge in [0.25, 0.3) is 5.91 Å². The molecular weight excluding hydrogens is 407 g/mol. The van der Waals surface area contributed by atoms with E-state index in [2.05, 4.69) is 27.9 Å². The Kier molecular flexibility index (Phi) is 5.49. The summed E-state index contributed by atoms with van der Waals surface area (Å²) in [6.07, 6.45) is 1.27. The first-order chi connectivity index (χ1) is 11.0. The highest BCUT2D eigenvalue weighted by atomic mass is 127. The summed E-state index contributed by atoms with van der Waals surface area (Å²) >= 11 is 2.11. The summed E-state index contributed by atoms with van der Waals surface area (Å²) in [4.78, 5) is 23.4. The fraction of sp³-hybridized carbons (Fsp3) is 0. The number of benzene rings is 2. The predicted molar refractivity (Wildman–Crippen MR) is 94.8 cm³/mol. The summed E-state index contributed by atoms with van der Waals surface area (Å²) in [7, 11) is 0. The average Bonchev–Trinajstić information content (AvgIpc) is 2.52. The van der Waals surface area contributed by atoms with Crippen LogP contribution in [0.5, 0.6) is 0 Å². The summed E-state index contributed by atoms with van der Waals surface area (Å²) < 4.78 is 0.944. The Balaban J connectivity index is 2.31. The highest BCUT2D eigenvalue weighted by Crippen LogP contribution is 2.16. The van der Waals surface area contributed by atoms with Gasteiger partial charge in [-0.3, -0.25) is 4.79 Å². The highest BCUT2D eigenvalue weighted by Gasteiger charge is 2.13. The van der Waals surface area contributed by atoms with Crippen LogP contribution in [0.3, 0.4) is 0 Å². The number of carboxylic acids is 1. The summed E-state index contributed by atoms with van der Waals surface area (Å²) in [5.41, 5.74) is 0.726. The third-order valence-electron chi connectivity index (χ3n) is 2.94. The quantitative estimate of drug-likeness (QED) is 0.452. The van der Waals surface area contributed by atoms with Crippen molar-refractivity contribution in [1.29, 1.82) is 5.26 Å². The van der Waals surface area contributed by atoms with E-state index < -0.39 is 11.9 Å². The number of carbonyl (C=O) groups excluding carboxylic acids is 1. The topological polar surface area (TPSA) is 90.2 Å². The third kappa shape index (κ3) is 4.40. The number of anilines is 1. The molecule has 0 atom stereocenters. The molecule has 2 aromatic carbocycles. The summed E-state index contributed by atoms with van der Waals surface area (Å²) in [5.74, 6) is -1.71. The van der Waals surface area contributed by atoms with Crippen molar-refractivity contribution < 1.29 is 14.7 Å². The summed E-state index contributed by atoms with van der Waals surface area (Å²) in [5, 5.41) is 21.0. The first kappa shape index (κ1) is 16.7. The van der Waals surface area contributed by atoms with Crippen molar-refractivity contribution >= 4 is 46.2 Å². The molecule has 0 radical (unpaired) electrons. The summed E-state index contributed by atoms with van der Waals surface area (Å²) in [6.45, 7) is 0. The lowest BCUT2D eigenvalue weighted by Crippen LogP contribution is -2.13. The minimum Gasteiger partial charge on any atom is -0.478 e. The molecule has 0 fully saturated rings. The SMILES string of the molecule is N#C/C(=C\c1ccccc1C(=O)O)C(=O)Nc1cccc(I)c1. The van der Waals surface area contributed by atoms with E-state index in [1.54, 1.807) is 42.5 Å². The molecule has 23 heavy (non-hydrogen) atoms. The van der Waals surface area contributed by atoms with E-state index in [0.29, 0.717) is 11.3 Å². The summed E-state index contributed by atoms with van der Waals surface area (Å²) in [6, 6.07) is 15.1. The van der Waals surface area contributed by atoms with E-state index in [9.17, 15) is 14.9 Å². The van der Waals surface area contributed by atoms with Crippen molar-refractivity contribution in [3.8, 4) is 6.07 Å². The normalized spacial score (nSPS) is 10.7. The van der Waals surface area contributed by atoms with E-state index in [1.165, 1.54) is 12.1 Å².